The van der Waals surface area contributed by atoms with E-state index in [-0.39, 0.29) is 37.1 Å². The van der Waals surface area contributed by atoms with Crippen LogP contribution in [-0.2, 0) is 30.4 Å². The van der Waals surface area contributed by atoms with Crippen molar-refractivity contribution in [3.05, 3.63) is 0 Å². The summed E-state index contributed by atoms with van der Waals surface area (Å²) in [5, 5.41) is 26.0. The van der Waals surface area contributed by atoms with Crippen LogP contribution in [0.25, 0.3) is 0 Å². The normalized spacial score (nSPS) is 11.8. The average molecular weight is 507 g/mol. The summed E-state index contributed by atoms with van der Waals surface area (Å²) >= 11 is 0. The van der Waals surface area contributed by atoms with E-state index in [2.05, 4.69) is 0 Å². The van der Waals surface area contributed by atoms with Crippen LogP contribution in [0.1, 0.15) is 53.4 Å². The van der Waals surface area contributed by atoms with Gasteiger partial charge >= 0.3 is 0 Å². The van der Waals surface area contributed by atoms with Crippen LogP contribution in [-0.4, -0.2) is 91.3 Å². The lowest BCUT2D eigenvalue weighted by atomic mass is 9.88. The summed E-state index contributed by atoms with van der Waals surface area (Å²) in [5.74, 6) is -0.396. The molecule has 0 saturated heterocycles. The zero-order chi connectivity index (χ0) is 25.1. The molecule has 30 heavy (non-hydrogen) atoms. The van der Waals surface area contributed by atoms with Gasteiger partial charge in [0.15, 0.2) is 0 Å². The van der Waals surface area contributed by atoms with E-state index < -0.39 is 35.8 Å². The minimum Gasteiger partial charge on any atom is -0.396 e. The zero-order valence-electron chi connectivity index (χ0n) is 17.9. The van der Waals surface area contributed by atoms with Gasteiger partial charge in [0, 0.05) is 5.41 Å². The monoisotopic (exact) mass is 506 g/mol. The fraction of sp³-hybridized carbons (Fsp3) is 1.00. The first-order chi connectivity index (χ1) is 13.4. The van der Waals surface area contributed by atoms with Gasteiger partial charge in [-0.05, 0) is 25.7 Å². The molecule has 0 radical (unpaired) electrons. The molecule has 0 amide bonds. The van der Waals surface area contributed by atoms with Crippen molar-refractivity contribution in [2.24, 2.45) is 5.41 Å². The molecule has 0 aliphatic carbocycles. The standard InChI is InChI=1S/C6H14O3.3C3H8O3S/c1-2-6(3-7,4-8)5-9;3*1-2-3-7(4,5)6/h7-9H,2-5H2,1H3;3*2-3H2,1H3,(H,4,5,6). The van der Waals surface area contributed by atoms with Crippen molar-refractivity contribution in [3.63, 3.8) is 0 Å². The van der Waals surface area contributed by atoms with Crippen LogP contribution in [0.3, 0.4) is 0 Å². The van der Waals surface area contributed by atoms with Crippen molar-refractivity contribution in [3.8, 4) is 0 Å². The molecule has 0 heterocycles. The number of hydrogen-bond donors (Lipinski definition) is 6. The summed E-state index contributed by atoms with van der Waals surface area (Å²) < 4.78 is 82.7. The Bertz CT molecular complexity index is 582. The maximum Gasteiger partial charge on any atom is 0.264 e. The van der Waals surface area contributed by atoms with Gasteiger partial charge in [-0.2, -0.15) is 25.3 Å². The molecule has 0 saturated carbocycles. The Balaban J connectivity index is -0.000000151. The van der Waals surface area contributed by atoms with E-state index in [0.29, 0.717) is 25.7 Å². The first-order valence-electron chi connectivity index (χ1n) is 9.11. The smallest absolute Gasteiger partial charge is 0.264 e. The molecule has 0 atom stereocenters. The molecule has 6 N–H and O–H groups in total. The summed E-state index contributed by atoms with van der Waals surface area (Å²) in [6, 6.07) is 0. The molecule has 0 aromatic heterocycles. The van der Waals surface area contributed by atoms with Gasteiger partial charge in [-0.15, -0.1) is 0 Å². The molecule has 15 heteroatoms. The maximum atomic E-state index is 9.79. The highest BCUT2D eigenvalue weighted by Gasteiger charge is 2.24. The SMILES string of the molecule is CCC(CO)(CO)CO.CCCS(=O)(=O)O.CCCS(=O)(=O)O.CCCS(=O)(=O)O. The van der Waals surface area contributed by atoms with Crippen LogP contribution < -0.4 is 0 Å². The highest BCUT2D eigenvalue weighted by Crippen LogP contribution is 2.18. The molecule has 0 aromatic carbocycles. The van der Waals surface area contributed by atoms with Gasteiger partial charge < -0.3 is 15.3 Å². The van der Waals surface area contributed by atoms with Gasteiger partial charge in [-0.25, -0.2) is 0 Å². The lowest BCUT2D eigenvalue weighted by Crippen LogP contribution is -2.32. The topological polar surface area (TPSA) is 224 Å². The van der Waals surface area contributed by atoms with Gasteiger partial charge in [0.25, 0.3) is 30.4 Å². The number of aliphatic hydroxyl groups excluding tert-OH is 3. The second kappa shape index (κ2) is 19.3. The average Bonchev–Trinajstić information content (AvgIpc) is 2.56. The summed E-state index contributed by atoms with van der Waals surface area (Å²) in [7, 11) is -11.0. The van der Waals surface area contributed by atoms with Crippen LogP contribution in [0.5, 0.6) is 0 Å². The molecule has 0 bridgehead atoms. The Hall–Kier alpha value is -0.390. The Morgan fingerprint density at radius 2 is 0.733 bits per heavy atom. The van der Waals surface area contributed by atoms with Crippen LogP contribution in [0, 0.1) is 5.41 Å². The second-order valence-corrected chi connectivity index (χ2v) is 10.9. The minimum atomic E-state index is -3.67. The third-order valence-electron chi connectivity index (χ3n) is 3.14. The van der Waals surface area contributed by atoms with Gasteiger partial charge in [-0.3, -0.25) is 13.7 Å². The highest BCUT2D eigenvalue weighted by atomic mass is 32.2. The number of rotatable bonds is 10. The summed E-state index contributed by atoms with van der Waals surface area (Å²) in [6.45, 7) is 6.42. The first-order valence-corrected chi connectivity index (χ1v) is 13.9. The Morgan fingerprint density at radius 3 is 0.733 bits per heavy atom. The fourth-order valence-corrected chi connectivity index (χ4v) is 2.81. The number of hydrogen-bond acceptors (Lipinski definition) is 9. The van der Waals surface area contributed by atoms with Gasteiger partial charge in [0.05, 0.1) is 37.1 Å². The van der Waals surface area contributed by atoms with Crippen molar-refractivity contribution < 1.29 is 54.2 Å². The van der Waals surface area contributed by atoms with Crippen molar-refractivity contribution >= 4 is 30.4 Å². The quantitative estimate of drug-likeness (QED) is 0.219. The molecule has 0 spiro atoms. The Labute approximate surface area is 180 Å². The summed E-state index contributed by atoms with van der Waals surface area (Å²) in [4.78, 5) is 0. The summed E-state index contributed by atoms with van der Waals surface area (Å²) in [5.41, 5.74) is -0.667. The molecular weight excluding hydrogens is 468 g/mol. The molecule has 188 valence electrons. The molecule has 0 unspecified atom stereocenters. The van der Waals surface area contributed by atoms with Gasteiger partial charge in [0.2, 0.25) is 0 Å². The lowest BCUT2D eigenvalue weighted by Gasteiger charge is -2.24. The lowest BCUT2D eigenvalue weighted by molar-refractivity contribution is 0.00304. The largest absolute Gasteiger partial charge is 0.396 e. The molecule has 0 fully saturated rings. The third-order valence-corrected chi connectivity index (χ3v) is 5.91. The second-order valence-electron chi connectivity index (χ2n) is 6.19. The van der Waals surface area contributed by atoms with E-state index in [4.69, 9.17) is 29.0 Å². The van der Waals surface area contributed by atoms with Crippen molar-refractivity contribution in [2.45, 2.75) is 53.4 Å². The molecule has 0 aliphatic rings. The van der Waals surface area contributed by atoms with Crippen LogP contribution in [0.4, 0.5) is 0 Å². The van der Waals surface area contributed by atoms with E-state index in [1.807, 2.05) is 6.92 Å². The molecule has 12 nitrogen and oxygen atoms in total. The number of aliphatic hydroxyl groups is 3. The molecule has 0 aromatic rings. The minimum absolute atomic E-state index is 0.132. The first kappa shape index (κ1) is 37.0. The highest BCUT2D eigenvalue weighted by molar-refractivity contribution is 7.86. The fourth-order valence-electron chi connectivity index (χ4n) is 1.26. The van der Waals surface area contributed by atoms with E-state index in [1.54, 1.807) is 20.8 Å². The Kier molecular flexibility index (Phi) is 23.8. The van der Waals surface area contributed by atoms with Crippen molar-refractivity contribution in [1.82, 2.24) is 0 Å². The van der Waals surface area contributed by atoms with E-state index in [9.17, 15) is 25.3 Å². The third kappa shape index (κ3) is 35.1. The van der Waals surface area contributed by atoms with E-state index >= 15 is 0 Å². The van der Waals surface area contributed by atoms with Crippen LogP contribution in [0.15, 0.2) is 0 Å². The van der Waals surface area contributed by atoms with Crippen molar-refractivity contribution in [1.29, 1.82) is 0 Å². The van der Waals surface area contributed by atoms with Crippen molar-refractivity contribution in [2.75, 3.05) is 37.1 Å². The summed E-state index contributed by atoms with van der Waals surface area (Å²) in [6.07, 6.45) is 2.01. The predicted molar refractivity (Wildman–Crippen MR) is 114 cm³/mol. The molecule has 0 rings (SSSR count). The maximum absolute atomic E-state index is 9.79. The van der Waals surface area contributed by atoms with Crippen LogP contribution in [0.2, 0.25) is 0 Å². The molecular formula is C15H38O12S3. The van der Waals surface area contributed by atoms with E-state index in [0.717, 1.165) is 0 Å². The van der Waals surface area contributed by atoms with Crippen LogP contribution >= 0.6 is 0 Å². The predicted octanol–water partition coefficient (Wildman–Crippen LogP) is 0.212. The Morgan fingerprint density at radius 1 is 0.533 bits per heavy atom. The molecule has 0 aliphatic heterocycles. The van der Waals surface area contributed by atoms with Gasteiger partial charge in [0.1, 0.15) is 0 Å². The van der Waals surface area contributed by atoms with E-state index in [1.165, 1.54) is 0 Å². The van der Waals surface area contributed by atoms with Gasteiger partial charge in [-0.1, -0.05) is 27.7 Å². The zero-order valence-corrected chi connectivity index (χ0v) is 20.4.